The zero-order chi connectivity index (χ0) is 14.7. The second-order valence-electron chi connectivity index (χ2n) is 5.80. The van der Waals surface area contributed by atoms with E-state index in [9.17, 15) is 4.79 Å². The zero-order valence-corrected chi connectivity index (χ0v) is 12.4. The van der Waals surface area contributed by atoms with Crippen LogP contribution in [0.3, 0.4) is 0 Å². The maximum atomic E-state index is 12.2. The average molecular weight is 292 g/mol. The van der Waals surface area contributed by atoms with Gasteiger partial charge >= 0.3 is 5.97 Å². The second kappa shape index (κ2) is 6.35. The first kappa shape index (κ1) is 14.2. The molecule has 21 heavy (non-hydrogen) atoms. The molecule has 0 aliphatic carbocycles. The van der Waals surface area contributed by atoms with Crippen molar-refractivity contribution >= 4 is 5.97 Å². The first-order valence-electron chi connectivity index (χ1n) is 7.66. The molecule has 114 valence electrons. The summed E-state index contributed by atoms with van der Waals surface area (Å²) in [6, 6.07) is 5.15. The molecule has 5 nitrogen and oxygen atoms in total. The van der Waals surface area contributed by atoms with Crippen LogP contribution in [0.15, 0.2) is 18.2 Å². The van der Waals surface area contributed by atoms with E-state index >= 15 is 0 Å². The Labute approximate surface area is 124 Å². The van der Waals surface area contributed by atoms with E-state index in [1.165, 1.54) is 37.3 Å². The Bertz CT molecular complexity index is 511. The fraction of sp³-hybridized carbons (Fsp3) is 0.562. The molecule has 0 unspecified atom stereocenters. The largest absolute Gasteiger partial charge is 0.454 e. The molecule has 1 saturated heterocycles. The minimum absolute atomic E-state index is 0.0731. The summed E-state index contributed by atoms with van der Waals surface area (Å²) in [6.45, 7) is 5.43. The fourth-order valence-electron chi connectivity index (χ4n) is 2.98. The number of ether oxygens (including phenoxy) is 3. The van der Waals surface area contributed by atoms with Crippen LogP contribution in [-0.2, 0) is 4.74 Å². The Morgan fingerprint density at radius 2 is 2.00 bits per heavy atom. The lowest BCUT2D eigenvalue weighted by Gasteiger charge is -2.26. The highest BCUT2D eigenvalue weighted by molar-refractivity contribution is 5.90. The SMILES string of the molecule is C[C@H](C[NH+]1CCCCC1)OC(=O)c1ccc2c(c1)OCO2. The van der Waals surface area contributed by atoms with Gasteiger partial charge in [-0.2, -0.15) is 0 Å². The van der Waals surface area contributed by atoms with Crippen LogP contribution in [0, 0.1) is 0 Å². The smallest absolute Gasteiger partial charge is 0.338 e. The molecule has 3 rings (SSSR count). The molecular formula is C16H22NO4+. The lowest BCUT2D eigenvalue weighted by Crippen LogP contribution is -3.13. The monoisotopic (exact) mass is 292 g/mol. The van der Waals surface area contributed by atoms with Gasteiger partial charge < -0.3 is 19.1 Å². The summed E-state index contributed by atoms with van der Waals surface area (Å²) in [6.07, 6.45) is 3.81. The number of carbonyl (C=O) groups is 1. The normalized spacial score (nSPS) is 19.3. The second-order valence-corrected chi connectivity index (χ2v) is 5.80. The summed E-state index contributed by atoms with van der Waals surface area (Å²) >= 11 is 0. The van der Waals surface area contributed by atoms with Gasteiger partial charge in [0.05, 0.1) is 18.7 Å². The predicted octanol–water partition coefficient (Wildman–Crippen LogP) is 1.03. The number of hydrogen-bond donors (Lipinski definition) is 1. The van der Waals surface area contributed by atoms with Crippen molar-refractivity contribution in [2.45, 2.75) is 32.3 Å². The van der Waals surface area contributed by atoms with Crippen LogP contribution in [0.1, 0.15) is 36.5 Å². The summed E-state index contributed by atoms with van der Waals surface area (Å²) < 4.78 is 16.1. The summed E-state index contributed by atoms with van der Waals surface area (Å²) in [5, 5.41) is 0. The summed E-state index contributed by atoms with van der Waals surface area (Å²) in [7, 11) is 0. The van der Waals surface area contributed by atoms with E-state index in [1.54, 1.807) is 18.2 Å². The molecule has 0 aromatic heterocycles. The van der Waals surface area contributed by atoms with Gasteiger partial charge in [0.2, 0.25) is 6.79 Å². The Balaban J connectivity index is 1.55. The zero-order valence-electron chi connectivity index (χ0n) is 12.4. The molecule has 2 aliphatic heterocycles. The molecule has 5 heteroatoms. The number of hydrogen-bond acceptors (Lipinski definition) is 4. The molecule has 2 aliphatic rings. The van der Waals surface area contributed by atoms with Crippen molar-refractivity contribution in [3.05, 3.63) is 23.8 Å². The molecule has 1 N–H and O–H groups in total. The fourth-order valence-corrected chi connectivity index (χ4v) is 2.98. The van der Waals surface area contributed by atoms with E-state index < -0.39 is 0 Å². The molecule has 1 aromatic rings. The lowest BCUT2D eigenvalue weighted by molar-refractivity contribution is -0.907. The van der Waals surface area contributed by atoms with Gasteiger partial charge in [0.1, 0.15) is 12.6 Å². The third kappa shape index (κ3) is 3.47. The van der Waals surface area contributed by atoms with Gasteiger partial charge in [-0.25, -0.2) is 4.79 Å². The molecule has 0 radical (unpaired) electrons. The number of carbonyl (C=O) groups excluding carboxylic acids is 1. The first-order valence-corrected chi connectivity index (χ1v) is 7.66. The molecule has 1 fully saturated rings. The van der Waals surface area contributed by atoms with E-state index in [4.69, 9.17) is 14.2 Å². The average Bonchev–Trinajstić information content (AvgIpc) is 2.95. The van der Waals surface area contributed by atoms with Gasteiger partial charge in [0.25, 0.3) is 0 Å². The van der Waals surface area contributed by atoms with Crippen molar-refractivity contribution in [1.29, 1.82) is 0 Å². The van der Waals surface area contributed by atoms with Crippen molar-refractivity contribution in [3.63, 3.8) is 0 Å². The number of nitrogens with one attached hydrogen (secondary N) is 1. The van der Waals surface area contributed by atoms with Crippen molar-refractivity contribution in [2.24, 2.45) is 0 Å². The summed E-state index contributed by atoms with van der Waals surface area (Å²) in [5.41, 5.74) is 0.514. The van der Waals surface area contributed by atoms with Gasteiger partial charge in [-0.3, -0.25) is 0 Å². The van der Waals surface area contributed by atoms with Crippen LogP contribution in [0.5, 0.6) is 11.5 Å². The topological polar surface area (TPSA) is 49.2 Å². The van der Waals surface area contributed by atoms with E-state index in [-0.39, 0.29) is 18.9 Å². The highest BCUT2D eigenvalue weighted by atomic mass is 16.7. The maximum Gasteiger partial charge on any atom is 0.338 e. The Kier molecular flexibility index (Phi) is 4.29. The molecule has 2 heterocycles. The highest BCUT2D eigenvalue weighted by Gasteiger charge is 2.21. The molecule has 1 atom stereocenters. The van der Waals surface area contributed by atoms with Crippen LogP contribution in [-0.4, -0.2) is 38.5 Å². The highest BCUT2D eigenvalue weighted by Crippen LogP contribution is 2.32. The third-order valence-electron chi connectivity index (χ3n) is 4.05. The van der Waals surface area contributed by atoms with Gasteiger partial charge in [-0.15, -0.1) is 0 Å². The lowest BCUT2D eigenvalue weighted by atomic mass is 10.1. The Morgan fingerprint density at radius 3 is 2.81 bits per heavy atom. The van der Waals surface area contributed by atoms with Gasteiger partial charge in [-0.05, 0) is 44.4 Å². The molecular weight excluding hydrogens is 270 g/mol. The Hall–Kier alpha value is -1.75. The van der Waals surface area contributed by atoms with Gasteiger partial charge in [-0.1, -0.05) is 0 Å². The van der Waals surface area contributed by atoms with Crippen molar-refractivity contribution in [2.75, 3.05) is 26.4 Å². The maximum absolute atomic E-state index is 12.2. The van der Waals surface area contributed by atoms with Crippen LogP contribution < -0.4 is 14.4 Å². The number of fused-ring (bicyclic) bond motifs is 1. The minimum Gasteiger partial charge on any atom is -0.454 e. The predicted molar refractivity (Wildman–Crippen MR) is 76.9 cm³/mol. The third-order valence-corrected chi connectivity index (χ3v) is 4.05. The molecule has 0 saturated carbocycles. The van der Waals surface area contributed by atoms with E-state index in [1.807, 2.05) is 6.92 Å². The standard InChI is InChI=1S/C16H21NO4/c1-12(10-17-7-3-2-4-8-17)21-16(18)13-5-6-14-15(9-13)20-11-19-14/h5-6,9,12H,2-4,7-8,10-11H2,1H3/p+1/t12-/m1/s1. The van der Waals surface area contributed by atoms with Crippen LogP contribution in [0.25, 0.3) is 0 Å². The molecule has 1 aromatic carbocycles. The van der Waals surface area contributed by atoms with E-state index in [0.29, 0.717) is 17.1 Å². The number of piperidine rings is 1. The summed E-state index contributed by atoms with van der Waals surface area (Å²) in [5.74, 6) is 0.994. The van der Waals surface area contributed by atoms with Gasteiger partial charge in [0, 0.05) is 0 Å². The van der Waals surface area contributed by atoms with Crippen molar-refractivity contribution < 1.29 is 23.9 Å². The van der Waals surface area contributed by atoms with Crippen LogP contribution in [0.4, 0.5) is 0 Å². The van der Waals surface area contributed by atoms with Crippen LogP contribution in [0.2, 0.25) is 0 Å². The first-order chi connectivity index (χ1) is 10.2. The minimum atomic E-state index is -0.294. The Morgan fingerprint density at radius 1 is 1.24 bits per heavy atom. The number of rotatable bonds is 4. The van der Waals surface area contributed by atoms with Crippen molar-refractivity contribution in [3.8, 4) is 11.5 Å². The van der Waals surface area contributed by atoms with Crippen LogP contribution >= 0.6 is 0 Å². The van der Waals surface area contributed by atoms with E-state index in [0.717, 1.165) is 6.54 Å². The van der Waals surface area contributed by atoms with Gasteiger partial charge in [0.15, 0.2) is 11.5 Å². The molecule has 0 bridgehead atoms. The number of likely N-dealkylation sites (tertiary alicyclic amines) is 1. The van der Waals surface area contributed by atoms with Crippen molar-refractivity contribution in [1.82, 2.24) is 0 Å². The number of benzene rings is 1. The number of esters is 1. The molecule has 0 spiro atoms. The summed E-state index contributed by atoms with van der Waals surface area (Å²) in [4.78, 5) is 13.7. The quantitative estimate of drug-likeness (QED) is 0.842. The number of quaternary nitrogens is 1. The molecule has 0 amide bonds. The van der Waals surface area contributed by atoms with E-state index in [2.05, 4.69) is 0 Å².